The van der Waals surface area contributed by atoms with Crippen LogP contribution in [0.4, 0.5) is 8.78 Å². The summed E-state index contributed by atoms with van der Waals surface area (Å²) in [7, 11) is 0. The first kappa shape index (κ1) is 22.9. The van der Waals surface area contributed by atoms with Gasteiger partial charge in [-0.3, -0.25) is 14.2 Å². The average molecular weight is 479 g/mol. The standard InChI is InChI=1S/C25H23F2N5O3/c1-16-2-3-17(12-21(16)27)23(33)30-10-8-25(35,9-11-30)14-31-15-28-22-20(24(31)34)13-29-32(22)19-6-4-18(26)5-7-19/h2-7,12-13,15,35H,8-11,14H2,1H3. The number of aliphatic hydroxyl groups is 1. The Morgan fingerprint density at radius 2 is 1.83 bits per heavy atom. The number of fused-ring (bicyclic) bond motifs is 1. The van der Waals surface area contributed by atoms with E-state index in [-0.39, 0.29) is 60.7 Å². The SMILES string of the molecule is Cc1ccc(C(=O)N2CCC(O)(Cn3cnc4c(cnn4-c4ccc(F)cc4)c3=O)CC2)cc1F. The van der Waals surface area contributed by atoms with Gasteiger partial charge in [0.05, 0.1) is 24.0 Å². The average Bonchev–Trinajstić information content (AvgIpc) is 3.28. The highest BCUT2D eigenvalue weighted by molar-refractivity contribution is 5.94. The number of piperidine rings is 1. The zero-order chi connectivity index (χ0) is 24.7. The van der Waals surface area contributed by atoms with E-state index in [1.807, 2.05) is 0 Å². The van der Waals surface area contributed by atoms with Crippen molar-refractivity contribution in [3.05, 3.63) is 88.1 Å². The highest BCUT2D eigenvalue weighted by atomic mass is 19.1. The lowest BCUT2D eigenvalue weighted by Crippen LogP contribution is -2.49. The van der Waals surface area contributed by atoms with Gasteiger partial charge in [0.1, 0.15) is 23.3 Å². The van der Waals surface area contributed by atoms with Crippen LogP contribution in [-0.4, -0.2) is 53.9 Å². The molecule has 4 aromatic rings. The van der Waals surface area contributed by atoms with Crippen molar-refractivity contribution in [3.8, 4) is 5.69 Å². The van der Waals surface area contributed by atoms with Gasteiger partial charge in [-0.1, -0.05) is 6.07 Å². The number of hydrogen-bond donors (Lipinski definition) is 1. The van der Waals surface area contributed by atoms with E-state index in [4.69, 9.17) is 0 Å². The molecule has 1 saturated heterocycles. The van der Waals surface area contributed by atoms with E-state index in [0.717, 1.165) is 0 Å². The Morgan fingerprint density at radius 3 is 2.51 bits per heavy atom. The maximum absolute atomic E-state index is 13.9. The largest absolute Gasteiger partial charge is 0.388 e. The minimum atomic E-state index is -1.21. The Bertz CT molecular complexity index is 1470. The highest BCUT2D eigenvalue weighted by Crippen LogP contribution is 2.25. The molecule has 180 valence electrons. The second-order valence-corrected chi connectivity index (χ2v) is 8.93. The number of hydrogen-bond acceptors (Lipinski definition) is 5. The first-order valence-corrected chi connectivity index (χ1v) is 11.2. The van der Waals surface area contributed by atoms with Gasteiger partial charge in [-0.05, 0) is 61.7 Å². The molecule has 0 unspecified atom stereocenters. The second kappa shape index (κ2) is 8.70. The fraction of sp³-hybridized carbons (Fsp3) is 0.280. The van der Waals surface area contributed by atoms with Gasteiger partial charge < -0.3 is 10.0 Å². The van der Waals surface area contributed by atoms with Gasteiger partial charge in [0.2, 0.25) is 0 Å². The van der Waals surface area contributed by atoms with E-state index in [9.17, 15) is 23.5 Å². The first-order valence-electron chi connectivity index (χ1n) is 11.2. The molecule has 0 aliphatic carbocycles. The summed E-state index contributed by atoms with van der Waals surface area (Å²) >= 11 is 0. The van der Waals surface area contributed by atoms with Crippen LogP contribution in [0.5, 0.6) is 0 Å². The summed E-state index contributed by atoms with van der Waals surface area (Å²) in [6.07, 6.45) is 3.27. The number of amides is 1. The fourth-order valence-electron chi connectivity index (χ4n) is 4.34. The van der Waals surface area contributed by atoms with Crippen LogP contribution in [0, 0.1) is 18.6 Å². The third-order valence-electron chi connectivity index (χ3n) is 6.49. The molecule has 1 aliphatic heterocycles. The maximum atomic E-state index is 13.9. The molecular weight excluding hydrogens is 456 g/mol. The van der Waals surface area contributed by atoms with E-state index < -0.39 is 11.4 Å². The van der Waals surface area contributed by atoms with Gasteiger partial charge >= 0.3 is 0 Å². The minimum Gasteiger partial charge on any atom is -0.388 e. The normalized spacial score (nSPS) is 15.5. The molecule has 10 heteroatoms. The molecule has 1 N–H and O–H groups in total. The molecule has 0 bridgehead atoms. The molecule has 0 spiro atoms. The number of halogens is 2. The van der Waals surface area contributed by atoms with Gasteiger partial charge in [-0.25, -0.2) is 18.4 Å². The Labute approximate surface area is 199 Å². The third-order valence-corrected chi connectivity index (χ3v) is 6.49. The lowest BCUT2D eigenvalue weighted by molar-refractivity contribution is -0.0299. The van der Waals surface area contributed by atoms with E-state index in [2.05, 4.69) is 10.1 Å². The summed E-state index contributed by atoms with van der Waals surface area (Å²) in [5.74, 6) is -1.11. The zero-order valence-corrected chi connectivity index (χ0v) is 19.0. The van der Waals surface area contributed by atoms with Gasteiger partial charge in [-0.2, -0.15) is 5.10 Å². The van der Waals surface area contributed by atoms with Crippen molar-refractivity contribution in [2.75, 3.05) is 13.1 Å². The van der Waals surface area contributed by atoms with Crippen molar-refractivity contribution in [2.24, 2.45) is 0 Å². The number of carbonyl (C=O) groups is 1. The van der Waals surface area contributed by atoms with E-state index in [1.165, 1.54) is 52.1 Å². The van der Waals surface area contributed by atoms with Crippen molar-refractivity contribution >= 4 is 16.9 Å². The summed E-state index contributed by atoms with van der Waals surface area (Å²) in [5, 5.41) is 15.6. The Morgan fingerprint density at radius 1 is 1.11 bits per heavy atom. The van der Waals surface area contributed by atoms with Crippen molar-refractivity contribution in [2.45, 2.75) is 31.9 Å². The quantitative estimate of drug-likeness (QED) is 0.486. The molecule has 0 atom stereocenters. The van der Waals surface area contributed by atoms with Crippen molar-refractivity contribution < 1.29 is 18.7 Å². The number of nitrogens with zero attached hydrogens (tertiary/aromatic N) is 5. The molecule has 0 saturated carbocycles. The summed E-state index contributed by atoms with van der Waals surface area (Å²) in [5.41, 5.74) is 0.0640. The van der Waals surface area contributed by atoms with Gasteiger partial charge in [0, 0.05) is 18.7 Å². The van der Waals surface area contributed by atoms with Crippen molar-refractivity contribution in [1.82, 2.24) is 24.2 Å². The topological polar surface area (TPSA) is 93.2 Å². The number of aromatic nitrogens is 4. The summed E-state index contributed by atoms with van der Waals surface area (Å²) < 4.78 is 29.9. The summed E-state index contributed by atoms with van der Waals surface area (Å²) in [6, 6.07) is 10.1. The van der Waals surface area contributed by atoms with E-state index in [1.54, 1.807) is 24.0 Å². The molecule has 8 nitrogen and oxygen atoms in total. The summed E-state index contributed by atoms with van der Waals surface area (Å²) in [6.45, 7) is 2.19. The van der Waals surface area contributed by atoms with Gasteiger partial charge in [0.15, 0.2) is 5.65 Å². The minimum absolute atomic E-state index is 0.0116. The lowest BCUT2D eigenvalue weighted by atomic mass is 9.91. The molecule has 1 aliphatic rings. The molecule has 35 heavy (non-hydrogen) atoms. The van der Waals surface area contributed by atoms with Crippen LogP contribution in [0.1, 0.15) is 28.8 Å². The highest BCUT2D eigenvalue weighted by Gasteiger charge is 2.35. The smallest absolute Gasteiger partial charge is 0.264 e. The molecule has 2 aromatic carbocycles. The monoisotopic (exact) mass is 479 g/mol. The zero-order valence-electron chi connectivity index (χ0n) is 19.0. The number of benzene rings is 2. The Hall–Kier alpha value is -3.92. The Balaban J connectivity index is 1.31. The van der Waals surface area contributed by atoms with Crippen LogP contribution in [0.15, 0.2) is 59.8 Å². The second-order valence-electron chi connectivity index (χ2n) is 8.93. The number of rotatable bonds is 4. The van der Waals surface area contributed by atoms with Crippen LogP contribution in [0.2, 0.25) is 0 Å². The lowest BCUT2D eigenvalue weighted by Gasteiger charge is -2.38. The predicted molar refractivity (Wildman–Crippen MR) is 124 cm³/mol. The molecule has 3 heterocycles. The van der Waals surface area contributed by atoms with Crippen LogP contribution < -0.4 is 5.56 Å². The maximum Gasteiger partial charge on any atom is 0.264 e. The molecule has 5 rings (SSSR count). The molecular formula is C25H23F2N5O3. The van der Waals surface area contributed by atoms with Crippen LogP contribution in [0.25, 0.3) is 16.7 Å². The third kappa shape index (κ3) is 4.32. The molecule has 1 fully saturated rings. The van der Waals surface area contributed by atoms with Gasteiger partial charge in [0.25, 0.3) is 11.5 Å². The van der Waals surface area contributed by atoms with E-state index in [0.29, 0.717) is 16.9 Å². The fourth-order valence-corrected chi connectivity index (χ4v) is 4.34. The van der Waals surface area contributed by atoms with Crippen LogP contribution >= 0.6 is 0 Å². The molecule has 2 aromatic heterocycles. The van der Waals surface area contributed by atoms with Gasteiger partial charge in [-0.15, -0.1) is 0 Å². The van der Waals surface area contributed by atoms with Crippen molar-refractivity contribution in [3.63, 3.8) is 0 Å². The summed E-state index contributed by atoms with van der Waals surface area (Å²) in [4.78, 5) is 31.7. The number of likely N-dealkylation sites (tertiary alicyclic amines) is 1. The first-order chi connectivity index (χ1) is 16.7. The van der Waals surface area contributed by atoms with Crippen molar-refractivity contribution in [1.29, 1.82) is 0 Å². The number of carbonyl (C=O) groups excluding carboxylic acids is 1. The Kier molecular flexibility index (Phi) is 5.68. The van der Waals surface area contributed by atoms with E-state index >= 15 is 0 Å². The van der Waals surface area contributed by atoms with Crippen LogP contribution in [0.3, 0.4) is 0 Å². The number of aryl methyl sites for hydroxylation is 1. The predicted octanol–water partition coefficient (Wildman–Crippen LogP) is 2.84. The van der Waals surface area contributed by atoms with Crippen LogP contribution in [-0.2, 0) is 6.54 Å². The molecule has 1 amide bonds. The molecule has 0 radical (unpaired) electrons.